The van der Waals surface area contributed by atoms with Crippen LogP contribution in [0.3, 0.4) is 0 Å². The van der Waals surface area contributed by atoms with Gasteiger partial charge in [-0.05, 0) is 18.1 Å². The summed E-state index contributed by atoms with van der Waals surface area (Å²) >= 11 is 0. The van der Waals surface area contributed by atoms with E-state index in [4.69, 9.17) is 9.47 Å². The van der Waals surface area contributed by atoms with Crippen molar-refractivity contribution in [2.75, 3.05) is 14.2 Å². The molecule has 5 heteroatoms. The van der Waals surface area contributed by atoms with Gasteiger partial charge in [-0.2, -0.15) is 0 Å². The van der Waals surface area contributed by atoms with Crippen LogP contribution in [-0.4, -0.2) is 31.1 Å². The summed E-state index contributed by atoms with van der Waals surface area (Å²) in [7, 11) is 2.56. The lowest BCUT2D eigenvalue weighted by Gasteiger charge is -2.06. The Morgan fingerprint density at radius 1 is 1.05 bits per heavy atom. The molecular weight excluding hydrogens is 270 g/mol. The van der Waals surface area contributed by atoms with Crippen LogP contribution < -0.4 is 0 Å². The summed E-state index contributed by atoms with van der Waals surface area (Å²) in [6.07, 6.45) is 0.532. The minimum absolute atomic E-state index is 0.132. The molecule has 1 heterocycles. The van der Waals surface area contributed by atoms with Crippen molar-refractivity contribution in [2.24, 2.45) is 0 Å². The first-order valence-corrected chi connectivity index (χ1v) is 6.50. The van der Waals surface area contributed by atoms with E-state index in [0.29, 0.717) is 6.42 Å². The average Bonchev–Trinajstić information content (AvgIpc) is 2.83. The van der Waals surface area contributed by atoms with E-state index in [1.54, 1.807) is 0 Å². The first-order chi connectivity index (χ1) is 10.1. The van der Waals surface area contributed by atoms with Crippen LogP contribution in [0.5, 0.6) is 0 Å². The molecule has 110 valence electrons. The molecular formula is C16H17NO4. The minimum Gasteiger partial charge on any atom is -0.465 e. The maximum absolute atomic E-state index is 12.0. The van der Waals surface area contributed by atoms with Gasteiger partial charge in [-0.1, -0.05) is 30.3 Å². The van der Waals surface area contributed by atoms with Gasteiger partial charge in [0.2, 0.25) is 0 Å². The van der Waals surface area contributed by atoms with Crippen molar-refractivity contribution >= 4 is 11.9 Å². The van der Waals surface area contributed by atoms with E-state index in [1.807, 2.05) is 37.3 Å². The molecule has 21 heavy (non-hydrogen) atoms. The van der Waals surface area contributed by atoms with Gasteiger partial charge in [0.05, 0.1) is 19.8 Å². The third kappa shape index (κ3) is 2.97. The molecule has 0 bridgehead atoms. The lowest BCUT2D eigenvalue weighted by Crippen LogP contribution is -2.12. The highest BCUT2D eigenvalue weighted by Crippen LogP contribution is 2.23. The lowest BCUT2D eigenvalue weighted by atomic mass is 10.0. The fraction of sp³-hybridized carbons (Fsp3) is 0.250. The van der Waals surface area contributed by atoms with Gasteiger partial charge in [-0.3, -0.25) is 0 Å². The molecule has 0 spiro atoms. The Hall–Kier alpha value is -2.56. The average molecular weight is 287 g/mol. The first kappa shape index (κ1) is 14.8. The van der Waals surface area contributed by atoms with E-state index in [0.717, 1.165) is 16.8 Å². The molecule has 5 nitrogen and oxygen atoms in total. The van der Waals surface area contributed by atoms with Gasteiger partial charge in [0.15, 0.2) is 0 Å². The van der Waals surface area contributed by atoms with Gasteiger partial charge < -0.3 is 14.5 Å². The van der Waals surface area contributed by atoms with E-state index in [1.165, 1.54) is 14.2 Å². The minimum atomic E-state index is -0.585. The number of methoxy groups -OCH3 is 2. The highest BCUT2D eigenvalue weighted by atomic mass is 16.5. The smallest absolute Gasteiger partial charge is 0.355 e. The first-order valence-electron chi connectivity index (χ1n) is 6.50. The second-order valence-electron chi connectivity index (χ2n) is 4.62. The van der Waals surface area contributed by atoms with Crippen LogP contribution in [0.4, 0.5) is 0 Å². The van der Waals surface area contributed by atoms with E-state index in [-0.39, 0.29) is 11.3 Å². The second kappa shape index (κ2) is 6.26. The molecule has 0 amide bonds. The van der Waals surface area contributed by atoms with Crippen molar-refractivity contribution in [3.8, 4) is 0 Å². The highest BCUT2D eigenvalue weighted by molar-refractivity contribution is 6.03. The summed E-state index contributed by atoms with van der Waals surface area (Å²) in [6, 6.07) is 9.71. The quantitative estimate of drug-likeness (QED) is 0.877. The molecule has 0 unspecified atom stereocenters. The van der Waals surface area contributed by atoms with Gasteiger partial charge in [-0.15, -0.1) is 0 Å². The Morgan fingerprint density at radius 2 is 1.67 bits per heavy atom. The third-order valence-electron chi connectivity index (χ3n) is 3.32. The van der Waals surface area contributed by atoms with E-state index in [2.05, 4.69) is 4.98 Å². The standard InChI is InChI=1S/C16H17NO4/c1-10-12(9-11-7-5-4-6-8-11)13(15(18)20-2)14(17-10)16(19)21-3/h4-8,17H,9H2,1-3H3. The van der Waals surface area contributed by atoms with Gasteiger partial charge in [-0.25, -0.2) is 9.59 Å². The summed E-state index contributed by atoms with van der Waals surface area (Å²) < 4.78 is 9.51. The summed E-state index contributed by atoms with van der Waals surface area (Å²) in [5, 5.41) is 0. The molecule has 0 atom stereocenters. The summed E-state index contributed by atoms with van der Waals surface area (Å²) in [5.41, 5.74) is 2.91. The fourth-order valence-corrected chi connectivity index (χ4v) is 2.27. The number of H-pyrrole nitrogens is 1. The predicted octanol–water partition coefficient (Wildman–Crippen LogP) is 2.49. The third-order valence-corrected chi connectivity index (χ3v) is 3.32. The Morgan fingerprint density at radius 3 is 2.24 bits per heavy atom. The van der Waals surface area contributed by atoms with Crippen molar-refractivity contribution in [1.29, 1.82) is 0 Å². The lowest BCUT2D eigenvalue weighted by molar-refractivity contribution is 0.0551. The van der Waals surface area contributed by atoms with E-state index >= 15 is 0 Å². The Bertz CT molecular complexity index is 658. The van der Waals surface area contributed by atoms with Crippen molar-refractivity contribution in [3.05, 3.63) is 58.4 Å². The summed E-state index contributed by atoms with van der Waals surface area (Å²) in [5.74, 6) is -1.14. The number of aryl methyl sites for hydroxylation is 1. The highest BCUT2D eigenvalue weighted by Gasteiger charge is 2.26. The topological polar surface area (TPSA) is 68.4 Å². The number of hydrogen-bond acceptors (Lipinski definition) is 4. The van der Waals surface area contributed by atoms with Crippen molar-refractivity contribution < 1.29 is 19.1 Å². The monoisotopic (exact) mass is 287 g/mol. The number of benzene rings is 1. The molecule has 0 fully saturated rings. The van der Waals surface area contributed by atoms with Crippen LogP contribution in [0.15, 0.2) is 30.3 Å². The van der Waals surface area contributed by atoms with Crippen molar-refractivity contribution in [2.45, 2.75) is 13.3 Å². The molecule has 1 N–H and O–H groups in total. The molecule has 0 radical (unpaired) electrons. The number of esters is 2. The van der Waals surface area contributed by atoms with Crippen LogP contribution in [0, 0.1) is 6.92 Å². The van der Waals surface area contributed by atoms with Gasteiger partial charge in [0.1, 0.15) is 5.69 Å². The Kier molecular flexibility index (Phi) is 4.42. The maximum Gasteiger partial charge on any atom is 0.355 e. The zero-order valence-electron chi connectivity index (χ0n) is 12.2. The van der Waals surface area contributed by atoms with Crippen LogP contribution in [-0.2, 0) is 15.9 Å². The molecule has 0 aliphatic rings. The maximum atomic E-state index is 12.0. The largest absolute Gasteiger partial charge is 0.465 e. The number of carbonyl (C=O) groups is 2. The van der Waals surface area contributed by atoms with Gasteiger partial charge in [0, 0.05) is 12.1 Å². The van der Waals surface area contributed by atoms with E-state index in [9.17, 15) is 9.59 Å². The molecule has 1 aromatic carbocycles. The summed E-state index contributed by atoms with van der Waals surface area (Å²) in [4.78, 5) is 26.8. The van der Waals surface area contributed by atoms with Crippen molar-refractivity contribution in [1.82, 2.24) is 4.98 Å². The van der Waals surface area contributed by atoms with Gasteiger partial charge >= 0.3 is 11.9 Å². The Balaban J connectivity index is 2.51. The molecule has 0 aliphatic heterocycles. The van der Waals surface area contributed by atoms with Crippen LogP contribution >= 0.6 is 0 Å². The van der Waals surface area contributed by atoms with Crippen LogP contribution in [0.1, 0.15) is 37.7 Å². The molecule has 2 aromatic rings. The molecule has 2 rings (SSSR count). The fourth-order valence-electron chi connectivity index (χ4n) is 2.27. The zero-order chi connectivity index (χ0) is 15.4. The number of aromatic nitrogens is 1. The normalized spacial score (nSPS) is 10.2. The van der Waals surface area contributed by atoms with Gasteiger partial charge in [0.25, 0.3) is 0 Å². The molecule has 0 saturated carbocycles. The second-order valence-corrected chi connectivity index (χ2v) is 4.62. The Labute approximate surface area is 122 Å². The zero-order valence-corrected chi connectivity index (χ0v) is 12.2. The van der Waals surface area contributed by atoms with Crippen molar-refractivity contribution in [3.63, 3.8) is 0 Å². The van der Waals surface area contributed by atoms with Crippen LogP contribution in [0.25, 0.3) is 0 Å². The number of ether oxygens (including phenoxy) is 2. The predicted molar refractivity (Wildman–Crippen MR) is 77.5 cm³/mol. The number of nitrogens with one attached hydrogen (secondary N) is 1. The molecule has 0 aliphatic carbocycles. The van der Waals surface area contributed by atoms with E-state index < -0.39 is 11.9 Å². The number of hydrogen-bond donors (Lipinski definition) is 1. The van der Waals surface area contributed by atoms with Crippen LogP contribution in [0.2, 0.25) is 0 Å². The number of aromatic amines is 1. The molecule has 0 saturated heterocycles. The SMILES string of the molecule is COC(=O)c1[nH]c(C)c(Cc2ccccc2)c1C(=O)OC. The summed E-state index contributed by atoms with van der Waals surface area (Å²) in [6.45, 7) is 1.82. The number of carbonyl (C=O) groups excluding carboxylic acids is 2. The number of rotatable bonds is 4. The molecule has 1 aromatic heterocycles.